The van der Waals surface area contributed by atoms with E-state index < -0.39 is 11.3 Å². The molecular formula is C23H21FN4O2S3. The first-order valence-corrected chi connectivity index (χ1v) is 13.3. The summed E-state index contributed by atoms with van der Waals surface area (Å²) in [6, 6.07) is 13.7. The Morgan fingerprint density at radius 1 is 1.06 bits per heavy atom. The highest BCUT2D eigenvalue weighted by molar-refractivity contribution is 7.80. The second-order valence-electron chi connectivity index (χ2n) is 7.88. The lowest BCUT2D eigenvalue weighted by Crippen LogP contribution is -2.14. The van der Waals surface area contributed by atoms with Crippen LogP contribution in [0.5, 0.6) is 0 Å². The number of nitrogens with one attached hydrogen (secondary N) is 2. The van der Waals surface area contributed by atoms with Crippen LogP contribution < -0.4 is 10.0 Å². The summed E-state index contributed by atoms with van der Waals surface area (Å²) in [6.07, 6.45) is 3.10. The van der Waals surface area contributed by atoms with Crippen molar-refractivity contribution in [3.63, 3.8) is 0 Å². The van der Waals surface area contributed by atoms with Gasteiger partial charge in [0.1, 0.15) is 5.82 Å². The fourth-order valence-corrected chi connectivity index (χ4v) is 5.65. The molecule has 6 nitrogen and oxygen atoms in total. The molecule has 33 heavy (non-hydrogen) atoms. The van der Waals surface area contributed by atoms with Crippen molar-refractivity contribution >= 4 is 44.8 Å². The van der Waals surface area contributed by atoms with Crippen molar-refractivity contribution in [2.24, 2.45) is 0 Å². The second-order valence-corrected chi connectivity index (χ2v) is 10.3. The smallest absolute Gasteiger partial charge is 0.259 e. The van der Waals surface area contributed by atoms with E-state index in [1.165, 1.54) is 41.3 Å². The van der Waals surface area contributed by atoms with Gasteiger partial charge in [-0.05, 0) is 61.2 Å². The van der Waals surface area contributed by atoms with Crippen molar-refractivity contribution in [2.45, 2.75) is 31.2 Å². The lowest BCUT2D eigenvalue weighted by Gasteiger charge is -2.17. The standard InChI is InChI=1S/C23H21FN4O2S3/c24-17-7-5-15(6-8-17)20-12-32-23(27-20)26-19(21-13-31-22(25-21)16-3-4-16)11-14-1-9-18(10-2-14)28-33(29)30/h1-2,5-10,12-13,16,19,28H,3-4,11H2,(H,26,27)(H,29,30)/t19-/m0/s1. The first kappa shape index (κ1) is 22.1. The van der Waals surface area contributed by atoms with Gasteiger partial charge in [-0.1, -0.05) is 12.1 Å². The van der Waals surface area contributed by atoms with E-state index in [2.05, 4.69) is 15.4 Å². The molecule has 0 amide bonds. The average Bonchev–Trinajstić information content (AvgIpc) is 3.34. The molecule has 2 heterocycles. The third kappa shape index (κ3) is 5.64. The Kier molecular flexibility index (Phi) is 6.50. The summed E-state index contributed by atoms with van der Waals surface area (Å²) >= 11 is 1.11. The largest absolute Gasteiger partial charge is 0.353 e. The number of aromatic nitrogens is 2. The highest BCUT2D eigenvalue weighted by Gasteiger charge is 2.28. The highest BCUT2D eigenvalue weighted by atomic mass is 32.2. The number of thiazole rings is 2. The summed E-state index contributed by atoms with van der Waals surface area (Å²) < 4.78 is 35.7. The molecule has 2 atom stereocenters. The van der Waals surface area contributed by atoms with Gasteiger partial charge in [0.15, 0.2) is 5.13 Å². The van der Waals surface area contributed by atoms with E-state index in [1.54, 1.807) is 35.6 Å². The van der Waals surface area contributed by atoms with Crippen LogP contribution in [-0.2, 0) is 17.7 Å². The van der Waals surface area contributed by atoms with Crippen molar-refractivity contribution in [1.82, 2.24) is 9.97 Å². The molecule has 3 N–H and O–H groups in total. The predicted octanol–water partition coefficient (Wildman–Crippen LogP) is 6.23. The van der Waals surface area contributed by atoms with Gasteiger partial charge in [0.2, 0.25) is 0 Å². The van der Waals surface area contributed by atoms with Gasteiger partial charge >= 0.3 is 0 Å². The average molecular weight is 501 g/mol. The van der Waals surface area contributed by atoms with E-state index in [-0.39, 0.29) is 11.9 Å². The molecule has 0 bridgehead atoms. The Morgan fingerprint density at radius 2 is 1.82 bits per heavy atom. The Morgan fingerprint density at radius 3 is 2.52 bits per heavy atom. The number of hydrogen-bond acceptors (Lipinski definition) is 6. The van der Waals surface area contributed by atoms with Gasteiger partial charge in [-0.2, -0.15) is 0 Å². The van der Waals surface area contributed by atoms with E-state index >= 15 is 0 Å². The van der Waals surface area contributed by atoms with E-state index in [9.17, 15) is 8.60 Å². The number of anilines is 2. The molecule has 0 saturated heterocycles. The fourth-order valence-electron chi connectivity index (χ4n) is 3.50. The number of halogens is 1. The Balaban J connectivity index is 1.37. The quantitative estimate of drug-likeness (QED) is 0.237. The third-order valence-corrected chi connectivity index (χ3v) is 7.57. The normalized spacial score (nSPS) is 15.2. The zero-order valence-electron chi connectivity index (χ0n) is 17.4. The van der Waals surface area contributed by atoms with Crippen molar-refractivity contribution < 1.29 is 13.2 Å². The van der Waals surface area contributed by atoms with E-state index in [4.69, 9.17) is 14.5 Å². The van der Waals surface area contributed by atoms with Crippen LogP contribution in [0.2, 0.25) is 0 Å². The van der Waals surface area contributed by atoms with Crippen molar-refractivity contribution in [3.8, 4) is 11.3 Å². The zero-order chi connectivity index (χ0) is 22.8. The fraction of sp³-hybridized carbons (Fsp3) is 0.217. The zero-order valence-corrected chi connectivity index (χ0v) is 19.9. The molecule has 10 heteroatoms. The number of hydrogen-bond donors (Lipinski definition) is 3. The molecule has 1 fully saturated rings. The maximum absolute atomic E-state index is 13.3. The molecule has 0 spiro atoms. The molecule has 1 aliphatic carbocycles. The van der Waals surface area contributed by atoms with Crippen LogP contribution >= 0.6 is 22.7 Å². The van der Waals surface area contributed by atoms with Crippen LogP contribution in [0.3, 0.4) is 0 Å². The first-order valence-electron chi connectivity index (χ1n) is 10.4. The van der Waals surface area contributed by atoms with E-state index in [0.717, 1.165) is 27.6 Å². The first-order chi connectivity index (χ1) is 16.0. The molecular weight excluding hydrogens is 479 g/mol. The van der Waals surface area contributed by atoms with Crippen LogP contribution in [0.25, 0.3) is 11.3 Å². The number of benzene rings is 2. The van der Waals surface area contributed by atoms with Gasteiger partial charge in [0.25, 0.3) is 11.3 Å². The SMILES string of the molecule is O=S(O)Nc1ccc(C[C@H](Nc2nc(-c3ccc(F)cc3)cs2)c2csc(C3CC3)n2)cc1. The minimum Gasteiger partial charge on any atom is -0.353 e. The van der Waals surface area contributed by atoms with Gasteiger partial charge in [-0.15, -0.1) is 22.7 Å². The lowest BCUT2D eigenvalue weighted by molar-refractivity contribution is 0.570. The van der Waals surface area contributed by atoms with E-state index in [1.807, 2.05) is 17.5 Å². The lowest BCUT2D eigenvalue weighted by atomic mass is 10.0. The topological polar surface area (TPSA) is 87.1 Å². The number of nitrogens with zero attached hydrogens (tertiary/aromatic N) is 2. The second kappa shape index (κ2) is 9.68. The molecule has 1 unspecified atom stereocenters. The van der Waals surface area contributed by atoms with Gasteiger partial charge < -0.3 is 5.32 Å². The van der Waals surface area contributed by atoms with Crippen molar-refractivity contribution in [2.75, 3.05) is 10.0 Å². The van der Waals surface area contributed by atoms with Crippen molar-refractivity contribution in [1.29, 1.82) is 0 Å². The monoisotopic (exact) mass is 500 g/mol. The maximum Gasteiger partial charge on any atom is 0.259 e. The summed E-state index contributed by atoms with van der Waals surface area (Å²) in [5.41, 5.74) is 4.30. The Bertz CT molecular complexity index is 1250. The molecule has 2 aromatic carbocycles. The van der Waals surface area contributed by atoms with Crippen LogP contribution in [0, 0.1) is 5.82 Å². The molecule has 1 saturated carbocycles. The van der Waals surface area contributed by atoms with Gasteiger partial charge in [0, 0.05) is 27.9 Å². The third-order valence-electron chi connectivity index (χ3n) is 5.36. The molecule has 2 aromatic heterocycles. The molecule has 4 aromatic rings. The molecule has 170 valence electrons. The summed E-state index contributed by atoms with van der Waals surface area (Å²) in [6.45, 7) is 0. The molecule has 0 radical (unpaired) electrons. The Hall–Kier alpha value is -2.66. The molecule has 0 aliphatic heterocycles. The predicted molar refractivity (Wildman–Crippen MR) is 133 cm³/mol. The summed E-state index contributed by atoms with van der Waals surface area (Å²) in [5, 5.41) is 9.57. The maximum atomic E-state index is 13.3. The van der Waals surface area contributed by atoms with Gasteiger partial charge in [-0.3, -0.25) is 9.27 Å². The Labute approximate surface area is 201 Å². The summed E-state index contributed by atoms with van der Waals surface area (Å²) in [7, 11) is 0. The molecule has 1 aliphatic rings. The number of rotatable bonds is 9. The summed E-state index contributed by atoms with van der Waals surface area (Å²) in [4.78, 5) is 9.61. The van der Waals surface area contributed by atoms with Crippen LogP contribution in [-0.4, -0.2) is 18.7 Å². The van der Waals surface area contributed by atoms with E-state index in [0.29, 0.717) is 18.0 Å². The van der Waals surface area contributed by atoms with Crippen LogP contribution in [0.1, 0.15) is 41.1 Å². The van der Waals surface area contributed by atoms with Gasteiger partial charge in [0.05, 0.1) is 22.4 Å². The minimum absolute atomic E-state index is 0.0771. The van der Waals surface area contributed by atoms with Crippen LogP contribution in [0.15, 0.2) is 59.3 Å². The summed E-state index contributed by atoms with van der Waals surface area (Å²) in [5.74, 6) is 0.327. The van der Waals surface area contributed by atoms with Crippen molar-refractivity contribution in [3.05, 3.63) is 81.4 Å². The highest BCUT2D eigenvalue weighted by Crippen LogP contribution is 2.42. The minimum atomic E-state index is -2.10. The molecule has 5 rings (SSSR count). The van der Waals surface area contributed by atoms with Crippen LogP contribution in [0.4, 0.5) is 15.2 Å². The van der Waals surface area contributed by atoms with Gasteiger partial charge in [-0.25, -0.2) is 18.6 Å².